The van der Waals surface area contributed by atoms with E-state index in [0.717, 1.165) is 37.3 Å². The molecule has 1 aromatic heterocycles. The first-order chi connectivity index (χ1) is 14.8. The molecule has 0 aliphatic heterocycles. The lowest BCUT2D eigenvalue weighted by atomic mass is 10.1. The first-order valence-electron chi connectivity index (χ1n) is 10.2. The summed E-state index contributed by atoms with van der Waals surface area (Å²) < 4.78 is 43.3. The lowest BCUT2D eigenvalue weighted by Gasteiger charge is -2.16. The van der Waals surface area contributed by atoms with Crippen molar-refractivity contribution in [1.82, 2.24) is 15.3 Å². The summed E-state index contributed by atoms with van der Waals surface area (Å²) in [5.41, 5.74) is 0.0639. The topological polar surface area (TPSA) is 98.2 Å². The minimum atomic E-state index is -3.31. The predicted molar refractivity (Wildman–Crippen MR) is 113 cm³/mol. The molecule has 2 fully saturated rings. The highest BCUT2D eigenvalue weighted by molar-refractivity contribution is 7.93. The van der Waals surface area contributed by atoms with E-state index in [4.69, 9.17) is 4.74 Å². The van der Waals surface area contributed by atoms with Gasteiger partial charge in [-0.05, 0) is 49.7 Å². The zero-order valence-corrected chi connectivity index (χ0v) is 17.9. The van der Waals surface area contributed by atoms with Crippen LogP contribution < -0.4 is 10.1 Å². The van der Waals surface area contributed by atoms with Crippen LogP contribution in [0.25, 0.3) is 0 Å². The zero-order chi connectivity index (χ0) is 22.0. The lowest BCUT2D eigenvalue weighted by molar-refractivity contribution is 0.0937. The maximum absolute atomic E-state index is 14.6. The van der Waals surface area contributed by atoms with Crippen LogP contribution in [0.15, 0.2) is 48.0 Å². The fourth-order valence-electron chi connectivity index (χ4n) is 3.18. The number of benzene rings is 1. The van der Waals surface area contributed by atoms with E-state index in [0.29, 0.717) is 5.75 Å². The van der Waals surface area contributed by atoms with E-state index >= 15 is 0 Å². The van der Waals surface area contributed by atoms with Crippen molar-refractivity contribution in [3.8, 4) is 11.6 Å². The second-order valence-corrected chi connectivity index (χ2v) is 10.0. The van der Waals surface area contributed by atoms with Crippen molar-refractivity contribution in [3.05, 3.63) is 59.4 Å². The van der Waals surface area contributed by atoms with Gasteiger partial charge in [0, 0.05) is 17.9 Å². The van der Waals surface area contributed by atoms with E-state index in [2.05, 4.69) is 15.3 Å². The van der Waals surface area contributed by atoms with Crippen molar-refractivity contribution in [2.75, 3.05) is 6.26 Å². The number of halogens is 1. The van der Waals surface area contributed by atoms with E-state index in [-0.39, 0.29) is 29.1 Å². The van der Waals surface area contributed by atoms with Crippen LogP contribution in [-0.4, -0.2) is 36.6 Å². The Hall–Kier alpha value is -2.81. The largest absolute Gasteiger partial charge is 0.438 e. The number of ether oxygens (including phenoxy) is 1. The molecule has 7 nitrogen and oxygen atoms in total. The highest BCUT2D eigenvalue weighted by Crippen LogP contribution is 2.43. The van der Waals surface area contributed by atoms with Gasteiger partial charge in [-0.2, -0.15) is 4.98 Å². The van der Waals surface area contributed by atoms with Crippen LogP contribution in [0.1, 0.15) is 48.0 Å². The summed E-state index contributed by atoms with van der Waals surface area (Å²) >= 11 is 0. The van der Waals surface area contributed by atoms with Crippen molar-refractivity contribution in [2.45, 2.75) is 37.9 Å². The molecule has 2 saturated carbocycles. The SMILES string of the molecule is CS(=O)(=O)/C=C/C(NC(=O)c1cnc(C(F)C2CC2)nc1Oc1ccccc1)C1CC1. The molecule has 2 aliphatic rings. The van der Waals surface area contributed by atoms with Crippen LogP contribution in [0.5, 0.6) is 11.6 Å². The van der Waals surface area contributed by atoms with Gasteiger partial charge < -0.3 is 10.1 Å². The maximum Gasteiger partial charge on any atom is 0.258 e. The van der Waals surface area contributed by atoms with E-state index in [1.54, 1.807) is 24.3 Å². The number of hydrogen-bond donors (Lipinski definition) is 1. The summed E-state index contributed by atoms with van der Waals surface area (Å²) in [5.74, 6) is 0.00259. The molecule has 9 heteroatoms. The Kier molecular flexibility index (Phi) is 6.04. The molecule has 164 valence electrons. The fourth-order valence-corrected chi connectivity index (χ4v) is 3.63. The fraction of sp³-hybridized carbons (Fsp3) is 0.409. The van der Waals surface area contributed by atoms with E-state index in [1.165, 1.54) is 12.3 Å². The van der Waals surface area contributed by atoms with Gasteiger partial charge in [-0.1, -0.05) is 24.3 Å². The average Bonchev–Trinajstić information content (AvgIpc) is 3.63. The summed E-state index contributed by atoms with van der Waals surface area (Å²) in [6.45, 7) is 0. The standard InChI is InChI=1S/C22H24FN3O4S/c1-31(28,29)12-11-18(14-7-8-14)25-21(27)17-13-24-20(19(23)15-9-10-15)26-22(17)30-16-5-3-2-4-6-16/h2-6,11-15,18-19H,7-10H2,1H3,(H,25,27)/b12-11+. The third kappa shape index (κ3) is 5.88. The number of para-hydroxylation sites is 1. The Morgan fingerprint density at radius 1 is 1.19 bits per heavy atom. The van der Waals surface area contributed by atoms with E-state index in [1.807, 2.05) is 6.07 Å². The third-order valence-corrected chi connectivity index (χ3v) is 5.87. The van der Waals surface area contributed by atoms with Gasteiger partial charge in [0.2, 0.25) is 5.88 Å². The molecule has 2 atom stereocenters. The third-order valence-electron chi connectivity index (χ3n) is 5.22. The lowest BCUT2D eigenvalue weighted by Crippen LogP contribution is -2.35. The van der Waals surface area contributed by atoms with Gasteiger partial charge in [-0.25, -0.2) is 17.8 Å². The minimum absolute atomic E-state index is 0.000645. The van der Waals surface area contributed by atoms with Crippen LogP contribution >= 0.6 is 0 Å². The number of amides is 1. The predicted octanol–water partition coefficient (Wildman–Crippen LogP) is 3.76. The molecule has 2 aromatic rings. The number of sulfone groups is 1. The Balaban J connectivity index is 1.60. The Labute approximate surface area is 180 Å². The minimum Gasteiger partial charge on any atom is -0.438 e. The molecule has 1 N–H and O–H groups in total. The molecule has 0 saturated heterocycles. The molecular formula is C22H24FN3O4S. The van der Waals surface area contributed by atoms with Gasteiger partial charge in [0.15, 0.2) is 21.8 Å². The Bertz CT molecular complexity index is 1080. The van der Waals surface area contributed by atoms with Crippen molar-refractivity contribution in [3.63, 3.8) is 0 Å². The number of nitrogens with zero attached hydrogens (tertiary/aromatic N) is 2. The molecular weight excluding hydrogens is 421 g/mol. The highest BCUT2D eigenvalue weighted by Gasteiger charge is 2.36. The number of carbonyl (C=O) groups is 1. The van der Waals surface area contributed by atoms with Crippen LogP contribution in [0.3, 0.4) is 0 Å². The van der Waals surface area contributed by atoms with Gasteiger partial charge >= 0.3 is 0 Å². The monoisotopic (exact) mass is 445 g/mol. The summed E-state index contributed by atoms with van der Waals surface area (Å²) in [5, 5.41) is 3.93. The molecule has 0 radical (unpaired) electrons. The van der Waals surface area contributed by atoms with Crippen molar-refractivity contribution < 1.29 is 22.3 Å². The van der Waals surface area contributed by atoms with Gasteiger partial charge in [0.25, 0.3) is 5.91 Å². The number of carbonyl (C=O) groups excluding carboxylic acids is 1. The second-order valence-electron chi connectivity index (χ2n) is 8.10. The van der Waals surface area contributed by atoms with Gasteiger partial charge in [-0.3, -0.25) is 4.79 Å². The summed E-state index contributed by atoms with van der Waals surface area (Å²) in [6.07, 6.45) is 5.93. The first-order valence-corrected chi connectivity index (χ1v) is 12.2. The van der Waals surface area contributed by atoms with Crippen LogP contribution in [-0.2, 0) is 9.84 Å². The summed E-state index contributed by atoms with van der Waals surface area (Å²) in [7, 11) is -3.31. The van der Waals surface area contributed by atoms with Crippen molar-refractivity contribution in [2.24, 2.45) is 11.8 Å². The highest BCUT2D eigenvalue weighted by atomic mass is 32.2. The van der Waals surface area contributed by atoms with Crippen LogP contribution in [0.4, 0.5) is 4.39 Å². The zero-order valence-electron chi connectivity index (χ0n) is 17.1. The van der Waals surface area contributed by atoms with Crippen molar-refractivity contribution >= 4 is 15.7 Å². The molecule has 2 aliphatic carbocycles. The molecule has 0 bridgehead atoms. The number of hydrogen-bond acceptors (Lipinski definition) is 6. The molecule has 4 rings (SSSR count). The molecule has 0 spiro atoms. The first kappa shape index (κ1) is 21.4. The number of alkyl halides is 1. The quantitative estimate of drug-likeness (QED) is 0.631. The van der Waals surface area contributed by atoms with Crippen LogP contribution in [0, 0.1) is 11.8 Å². The second kappa shape index (κ2) is 8.74. The molecule has 2 unspecified atom stereocenters. The number of nitrogens with one attached hydrogen (secondary N) is 1. The summed E-state index contributed by atoms with van der Waals surface area (Å²) in [6, 6.07) is 8.35. The molecule has 1 heterocycles. The Morgan fingerprint density at radius 2 is 1.87 bits per heavy atom. The number of aromatic nitrogens is 2. The maximum atomic E-state index is 14.6. The van der Waals surface area contributed by atoms with Crippen LogP contribution in [0.2, 0.25) is 0 Å². The molecule has 31 heavy (non-hydrogen) atoms. The smallest absolute Gasteiger partial charge is 0.258 e. The molecule has 1 amide bonds. The van der Waals surface area contributed by atoms with Gasteiger partial charge in [0.05, 0.1) is 6.04 Å². The van der Waals surface area contributed by atoms with Gasteiger partial charge in [-0.15, -0.1) is 0 Å². The average molecular weight is 446 g/mol. The summed E-state index contributed by atoms with van der Waals surface area (Å²) in [4.78, 5) is 21.3. The van der Waals surface area contributed by atoms with Gasteiger partial charge in [0.1, 0.15) is 11.3 Å². The van der Waals surface area contributed by atoms with E-state index < -0.39 is 28.0 Å². The Morgan fingerprint density at radius 3 is 2.48 bits per heavy atom. The number of rotatable bonds is 9. The van der Waals surface area contributed by atoms with E-state index in [9.17, 15) is 17.6 Å². The molecule has 1 aromatic carbocycles. The normalized spacial score (nSPS) is 18.5. The van der Waals surface area contributed by atoms with Crippen molar-refractivity contribution in [1.29, 1.82) is 0 Å².